The van der Waals surface area contributed by atoms with Crippen LogP contribution in [0.3, 0.4) is 0 Å². The number of anilines is 1. The van der Waals surface area contributed by atoms with Crippen molar-refractivity contribution in [3.05, 3.63) is 105 Å². The SMILES string of the molecule is O=C1[C@@H]2[C@@H](C(=O)N1c1cccc([N+](=O)[O-])c1)C1c3ccccc3C2(Br)c2ccccc21. The monoisotopic (exact) mass is 474 g/mol. The maximum absolute atomic E-state index is 13.8. The molecule has 4 aliphatic rings. The maximum Gasteiger partial charge on any atom is 0.271 e. The lowest BCUT2D eigenvalue weighted by molar-refractivity contribution is -0.384. The molecule has 1 fully saturated rings. The van der Waals surface area contributed by atoms with Gasteiger partial charge in [-0.15, -0.1) is 0 Å². The third-order valence-electron chi connectivity index (χ3n) is 6.81. The van der Waals surface area contributed by atoms with Gasteiger partial charge in [-0.2, -0.15) is 0 Å². The Kier molecular flexibility index (Phi) is 3.63. The molecule has 7 heteroatoms. The Morgan fingerprint density at radius 1 is 0.871 bits per heavy atom. The number of carbonyl (C=O) groups excluding carboxylic acids is 2. The molecule has 3 aromatic carbocycles. The van der Waals surface area contributed by atoms with Crippen LogP contribution >= 0.6 is 15.9 Å². The van der Waals surface area contributed by atoms with Gasteiger partial charge in [-0.25, -0.2) is 4.90 Å². The van der Waals surface area contributed by atoms with E-state index in [-0.39, 0.29) is 29.1 Å². The molecule has 3 aromatic rings. The second kappa shape index (κ2) is 6.11. The second-order valence-electron chi connectivity index (χ2n) is 8.16. The van der Waals surface area contributed by atoms with Gasteiger partial charge in [-0.05, 0) is 28.3 Å². The Morgan fingerprint density at radius 3 is 2.10 bits per heavy atom. The van der Waals surface area contributed by atoms with E-state index in [9.17, 15) is 19.7 Å². The fourth-order valence-electron chi connectivity index (χ4n) is 5.68. The smallest absolute Gasteiger partial charge is 0.271 e. The van der Waals surface area contributed by atoms with E-state index in [0.717, 1.165) is 27.2 Å². The number of halogens is 1. The summed E-state index contributed by atoms with van der Waals surface area (Å²) in [5, 5.41) is 11.3. The normalized spacial score (nSPS) is 27.6. The second-order valence-corrected chi connectivity index (χ2v) is 9.41. The van der Waals surface area contributed by atoms with Crippen molar-refractivity contribution in [2.75, 3.05) is 4.90 Å². The van der Waals surface area contributed by atoms with Gasteiger partial charge in [0.1, 0.15) is 0 Å². The van der Waals surface area contributed by atoms with Gasteiger partial charge < -0.3 is 0 Å². The van der Waals surface area contributed by atoms with Crippen LogP contribution in [0.2, 0.25) is 0 Å². The summed E-state index contributed by atoms with van der Waals surface area (Å²) in [6.45, 7) is 0. The van der Waals surface area contributed by atoms with Crippen molar-refractivity contribution in [3.8, 4) is 0 Å². The molecule has 1 aliphatic heterocycles. The molecule has 3 aliphatic carbocycles. The van der Waals surface area contributed by atoms with E-state index in [1.165, 1.54) is 18.2 Å². The van der Waals surface area contributed by atoms with E-state index in [1.54, 1.807) is 6.07 Å². The first-order chi connectivity index (χ1) is 14.9. The van der Waals surface area contributed by atoms with Crippen LogP contribution in [0, 0.1) is 22.0 Å². The summed E-state index contributed by atoms with van der Waals surface area (Å²) in [6.07, 6.45) is 0. The summed E-state index contributed by atoms with van der Waals surface area (Å²) in [5.74, 6) is -2.09. The number of alkyl halides is 1. The summed E-state index contributed by atoms with van der Waals surface area (Å²) in [6, 6.07) is 21.6. The molecule has 31 heavy (non-hydrogen) atoms. The van der Waals surface area contributed by atoms with Crippen molar-refractivity contribution in [1.29, 1.82) is 0 Å². The van der Waals surface area contributed by atoms with Gasteiger partial charge in [0.25, 0.3) is 5.69 Å². The van der Waals surface area contributed by atoms with Crippen LogP contribution in [0.1, 0.15) is 28.2 Å². The van der Waals surface area contributed by atoms with Crippen molar-refractivity contribution < 1.29 is 14.5 Å². The fourth-order valence-corrected chi connectivity index (χ4v) is 6.88. The molecule has 1 heterocycles. The minimum atomic E-state index is -0.832. The van der Waals surface area contributed by atoms with Gasteiger partial charge in [0.05, 0.1) is 26.8 Å². The summed E-state index contributed by atoms with van der Waals surface area (Å²) in [4.78, 5) is 39.3. The molecule has 2 bridgehead atoms. The number of hydrogen-bond acceptors (Lipinski definition) is 4. The summed E-state index contributed by atoms with van der Waals surface area (Å²) in [7, 11) is 0. The molecule has 0 aromatic heterocycles. The molecule has 7 rings (SSSR count). The first kappa shape index (κ1) is 18.4. The molecule has 6 nitrogen and oxygen atoms in total. The molecule has 0 saturated carbocycles. The Labute approximate surface area is 185 Å². The van der Waals surface area contributed by atoms with E-state index in [2.05, 4.69) is 15.9 Å². The van der Waals surface area contributed by atoms with E-state index >= 15 is 0 Å². The minimum absolute atomic E-state index is 0.156. The van der Waals surface area contributed by atoms with Crippen molar-refractivity contribution in [3.63, 3.8) is 0 Å². The van der Waals surface area contributed by atoms with Gasteiger partial charge >= 0.3 is 0 Å². The highest BCUT2D eigenvalue weighted by Gasteiger charge is 2.67. The number of hydrogen-bond donors (Lipinski definition) is 0. The molecule has 0 unspecified atom stereocenters. The Morgan fingerprint density at radius 2 is 1.48 bits per heavy atom. The predicted octanol–water partition coefficient (Wildman–Crippen LogP) is 4.50. The highest BCUT2D eigenvalue weighted by Crippen LogP contribution is 2.66. The lowest BCUT2D eigenvalue weighted by Gasteiger charge is -2.51. The maximum atomic E-state index is 13.8. The van der Waals surface area contributed by atoms with Gasteiger partial charge in [-0.1, -0.05) is 70.5 Å². The molecule has 0 N–H and O–H groups in total. The van der Waals surface area contributed by atoms with Crippen LogP contribution in [-0.4, -0.2) is 16.7 Å². The zero-order valence-corrected chi connectivity index (χ0v) is 17.7. The largest absolute Gasteiger partial charge is 0.274 e. The van der Waals surface area contributed by atoms with E-state index < -0.39 is 21.1 Å². The van der Waals surface area contributed by atoms with Crippen LogP contribution in [0.5, 0.6) is 0 Å². The number of nitro groups is 1. The van der Waals surface area contributed by atoms with Crippen molar-refractivity contribution >= 4 is 39.1 Å². The number of non-ortho nitro benzene ring substituents is 1. The molecule has 152 valence electrons. The first-order valence-corrected chi connectivity index (χ1v) is 10.7. The molecule has 2 atom stereocenters. The number of carbonyl (C=O) groups is 2. The molecule has 0 radical (unpaired) electrons. The molecule has 2 amide bonds. The quantitative estimate of drug-likeness (QED) is 0.237. The predicted molar refractivity (Wildman–Crippen MR) is 117 cm³/mol. The molecule has 1 saturated heterocycles. The van der Waals surface area contributed by atoms with Crippen molar-refractivity contribution in [1.82, 2.24) is 0 Å². The Bertz CT molecular complexity index is 1270. The number of benzene rings is 3. The van der Waals surface area contributed by atoms with Crippen LogP contribution in [0.15, 0.2) is 72.8 Å². The van der Waals surface area contributed by atoms with Crippen LogP contribution in [0.4, 0.5) is 11.4 Å². The summed E-state index contributed by atoms with van der Waals surface area (Å²) >= 11 is 3.94. The minimum Gasteiger partial charge on any atom is -0.274 e. The number of amides is 2. The van der Waals surface area contributed by atoms with Crippen LogP contribution < -0.4 is 4.90 Å². The number of nitro benzene ring substituents is 1. The standard InChI is InChI=1S/C24H15BrN2O4/c25-24-17-10-3-1-8-15(17)19(16-9-2-4-11-18(16)24)20-21(24)23(29)26(22(20)28)13-6-5-7-14(12-13)27(30)31/h1-12,19-21H/t19?,20-,21-,24?/m0/s1. The van der Waals surface area contributed by atoms with Crippen molar-refractivity contribution in [2.24, 2.45) is 11.8 Å². The Balaban J connectivity index is 1.58. The zero-order valence-electron chi connectivity index (χ0n) is 16.1. The number of rotatable bonds is 2. The van der Waals surface area contributed by atoms with Gasteiger partial charge in [0.15, 0.2) is 0 Å². The van der Waals surface area contributed by atoms with E-state index in [1.807, 2.05) is 48.5 Å². The topological polar surface area (TPSA) is 80.5 Å². The van der Waals surface area contributed by atoms with Crippen molar-refractivity contribution in [2.45, 2.75) is 10.2 Å². The highest BCUT2D eigenvalue weighted by molar-refractivity contribution is 9.09. The van der Waals surface area contributed by atoms with E-state index in [0.29, 0.717) is 0 Å². The Hall–Kier alpha value is -3.32. The summed E-state index contributed by atoms with van der Waals surface area (Å²) < 4.78 is -0.832. The first-order valence-electron chi connectivity index (χ1n) is 9.94. The van der Waals surface area contributed by atoms with Gasteiger partial charge in [0.2, 0.25) is 11.8 Å². The van der Waals surface area contributed by atoms with Crippen LogP contribution in [-0.2, 0) is 13.9 Å². The van der Waals surface area contributed by atoms with E-state index in [4.69, 9.17) is 0 Å². The highest BCUT2D eigenvalue weighted by atomic mass is 79.9. The third kappa shape index (κ3) is 2.16. The van der Waals surface area contributed by atoms with Gasteiger partial charge in [0, 0.05) is 18.1 Å². The third-order valence-corrected chi connectivity index (χ3v) is 8.16. The van der Waals surface area contributed by atoms with Gasteiger partial charge in [-0.3, -0.25) is 19.7 Å². The number of nitrogens with zero attached hydrogens (tertiary/aromatic N) is 2. The lowest BCUT2D eigenvalue weighted by atomic mass is 9.55. The molecular weight excluding hydrogens is 460 g/mol. The lowest BCUT2D eigenvalue weighted by Crippen LogP contribution is -2.50. The number of imide groups is 1. The average molecular weight is 475 g/mol. The molecule has 0 spiro atoms. The zero-order chi connectivity index (χ0) is 21.5. The average Bonchev–Trinajstić information content (AvgIpc) is 3.06. The van der Waals surface area contributed by atoms with Crippen LogP contribution in [0.25, 0.3) is 0 Å². The molecular formula is C24H15BrN2O4. The summed E-state index contributed by atoms with van der Waals surface area (Å²) in [5.41, 5.74) is 4.17. The fraction of sp³-hybridized carbons (Fsp3) is 0.167.